The van der Waals surface area contributed by atoms with Crippen molar-refractivity contribution in [2.45, 2.75) is 16.9 Å². The second-order valence-corrected chi connectivity index (χ2v) is 8.78. The summed E-state index contributed by atoms with van der Waals surface area (Å²) in [6, 6.07) is 13.4. The Morgan fingerprint density at radius 2 is 1.53 bits per heavy atom. The summed E-state index contributed by atoms with van der Waals surface area (Å²) in [5.41, 5.74) is 1.53. The molecule has 2 aromatic rings. The zero-order valence-corrected chi connectivity index (χ0v) is 19.0. The molecule has 2 rings (SSSR count). The highest BCUT2D eigenvalue weighted by molar-refractivity contribution is 7.80. The molecule has 0 fully saturated rings. The van der Waals surface area contributed by atoms with E-state index in [0.29, 0.717) is 17.1 Å². The van der Waals surface area contributed by atoms with Crippen LogP contribution in [0.25, 0.3) is 0 Å². The zero-order valence-electron chi connectivity index (χ0n) is 16.0. The maximum absolute atomic E-state index is 12.6. The van der Waals surface area contributed by atoms with Gasteiger partial charge in [0, 0.05) is 18.3 Å². The first-order chi connectivity index (χ1) is 14.1. The molecule has 0 aliphatic rings. The Morgan fingerprint density at radius 3 is 2.07 bits per heavy atom. The third-order valence-corrected chi connectivity index (χ3v) is 4.57. The fraction of sp³-hybridized carbons (Fsp3) is 0.211. The summed E-state index contributed by atoms with van der Waals surface area (Å²) in [5.74, 6) is -0.319. The van der Waals surface area contributed by atoms with Gasteiger partial charge in [-0.1, -0.05) is 46.9 Å². The summed E-state index contributed by atoms with van der Waals surface area (Å²) in [4.78, 5) is 23.7. The van der Waals surface area contributed by atoms with Crippen LogP contribution in [-0.4, -0.2) is 34.0 Å². The second kappa shape index (κ2) is 10.7. The van der Waals surface area contributed by atoms with Crippen LogP contribution in [0.5, 0.6) is 5.75 Å². The van der Waals surface area contributed by atoms with Crippen LogP contribution in [0.2, 0.25) is 0 Å². The van der Waals surface area contributed by atoms with Crippen LogP contribution in [-0.2, 0) is 4.79 Å². The lowest BCUT2D eigenvalue weighted by Gasteiger charge is -2.28. The molecule has 1 unspecified atom stereocenters. The number of hydrogen-bond acceptors (Lipinski definition) is 4. The molecule has 1 atom stereocenters. The van der Waals surface area contributed by atoms with Crippen LogP contribution in [0, 0.1) is 0 Å². The molecule has 0 bridgehead atoms. The average Bonchev–Trinajstić information content (AvgIpc) is 2.67. The standard InChI is InChI=1S/C19H19Cl3N4O3S/c1-11(27)23-12-7-9-13(10-8-12)24-18(30)26-17(19(20,21)22)25-16(28)14-5-3-4-6-15(14)29-2/h3-10,17H,1-2H3,(H,23,27)(H,25,28)(H2,24,26,30). The van der Waals surface area contributed by atoms with Gasteiger partial charge in [0.15, 0.2) is 5.11 Å². The number of hydrogen-bond donors (Lipinski definition) is 4. The molecule has 0 aliphatic heterocycles. The number of methoxy groups -OCH3 is 1. The van der Waals surface area contributed by atoms with E-state index in [0.717, 1.165) is 0 Å². The highest BCUT2D eigenvalue weighted by Gasteiger charge is 2.35. The lowest BCUT2D eigenvalue weighted by Crippen LogP contribution is -2.56. The fourth-order valence-corrected chi connectivity index (χ4v) is 2.94. The molecule has 2 amide bonds. The molecule has 30 heavy (non-hydrogen) atoms. The maximum Gasteiger partial charge on any atom is 0.256 e. The lowest BCUT2D eigenvalue weighted by atomic mass is 10.2. The van der Waals surface area contributed by atoms with Crippen molar-refractivity contribution in [3.05, 3.63) is 54.1 Å². The Morgan fingerprint density at radius 1 is 0.967 bits per heavy atom. The number of halogens is 3. The number of alkyl halides is 3. The molecule has 160 valence electrons. The van der Waals surface area contributed by atoms with E-state index in [2.05, 4.69) is 21.3 Å². The van der Waals surface area contributed by atoms with E-state index in [-0.39, 0.29) is 16.6 Å². The molecule has 7 nitrogen and oxygen atoms in total. The van der Waals surface area contributed by atoms with Gasteiger partial charge in [0.05, 0.1) is 12.7 Å². The smallest absolute Gasteiger partial charge is 0.256 e. The summed E-state index contributed by atoms with van der Waals surface area (Å²) in [7, 11) is 1.45. The fourth-order valence-electron chi connectivity index (χ4n) is 2.38. The van der Waals surface area contributed by atoms with Crippen molar-refractivity contribution < 1.29 is 14.3 Å². The Bertz CT molecular complexity index is 920. The highest BCUT2D eigenvalue weighted by atomic mass is 35.6. The van der Waals surface area contributed by atoms with E-state index >= 15 is 0 Å². The van der Waals surface area contributed by atoms with E-state index in [1.165, 1.54) is 14.0 Å². The largest absolute Gasteiger partial charge is 0.496 e. The summed E-state index contributed by atoms with van der Waals surface area (Å²) >= 11 is 23.3. The average molecular weight is 490 g/mol. The van der Waals surface area contributed by atoms with Crippen molar-refractivity contribution in [3.63, 3.8) is 0 Å². The van der Waals surface area contributed by atoms with Gasteiger partial charge in [-0.15, -0.1) is 0 Å². The molecule has 0 saturated heterocycles. The van der Waals surface area contributed by atoms with Crippen LogP contribution in [0.1, 0.15) is 17.3 Å². The number of carbonyl (C=O) groups is 2. The predicted molar refractivity (Wildman–Crippen MR) is 125 cm³/mol. The van der Waals surface area contributed by atoms with E-state index in [9.17, 15) is 9.59 Å². The molecule has 0 radical (unpaired) electrons. The van der Waals surface area contributed by atoms with Gasteiger partial charge in [-0.05, 0) is 48.6 Å². The van der Waals surface area contributed by atoms with Crippen molar-refractivity contribution in [1.82, 2.24) is 10.6 Å². The minimum atomic E-state index is -1.90. The van der Waals surface area contributed by atoms with Crippen molar-refractivity contribution >= 4 is 75.3 Å². The van der Waals surface area contributed by atoms with Crippen LogP contribution >= 0.6 is 47.0 Å². The van der Waals surface area contributed by atoms with E-state index in [4.69, 9.17) is 51.8 Å². The van der Waals surface area contributed by atoms with Crippen molar-refractivity contribution in [2.24, 2.45) is 0 Å². The third-order valence-electron chi connectivity index (χ3n) is 3.69. The SMILES string of the molecule is COc1ccccc1C(=O)NC(NC(=S)Nc1ccc(NC(C)=O)cc1)C(Cl)(Cl)Cl. The number of carbonyl (C=O) groups excluding carboxylic acids is 2. The van der Waals surface area contributed by atoms with Gasteiger partial charge in [-0.2, -0.15) is 0 Å². The number of amides is 2. The molecule has 0 saturated carbocycles. The molecule has 0 aromatic heterocycles. The summed E-state index contributed by atoms with van der Waals surface area (Å²) in [5, 5.41) is 11.1. The number of benzene rings is 2. The van der Waals surface area contributed by atoms with Crippen molar-refractivity contribution in [1.29, 1.82) is 0 Å². The Labute approximate surface area is 194 Å². The Kier molecular flexibility index (Phi) is 8.54. The lowest BCUT2D eigenvalue weighted by molar-refractivity contribution is -0.114. The minimum absolute atomic E-state index is 0.110. The monoisotopic (exact) mass is 488 g/mol. The summed E-state index contributed by atoms with van der Waals surface area (Å²) in [6.07, 6.45) is -1.14. The Balaban J connectivity index is 2.06. The number of rotatable bonds is 6. The van der Waals surface area contributed by atoms with Gasteiger partial charge in [-0.3, -0.25) is 9.59 Å². The van der Waals surface area contributed by atoms with Crippen LogP contribution in [0.3, 0.4) is 0 Å². The highest BCUT2D eigenvalue weighted by Crippen LogP contribution is 2.30. The quantitative estimate of drug-likeness (QED) is 0.278. The topological polar surface area (TPSA) is 91.5 Å². The first-order valence-corrected chi connectivity index (χ1v) is 10.1. The summed E-state index contributed by atoms with van der Waals surface area (Å²) < 4.78 is 3.28. The van der Waals surface area contributed by atoms with Gasteiger partial charge in [0.25, 0.3) is 5.91 Å². The van der Waals surface area contributed by atoms with Crippen LogP contribution < -0.4 is 26.0 Å². The summed E-state index contributed by atoms with van der Waals surface area (Å²) in [6.45, 7) is 1.42. The second-order valence-electron chi connectivity index (χ2n) is 6.01. The van der Waals surface area contributed by atoms with Gasteiger partial charge < -0.3 is 26.0 Å². The van der Waals surface area contributed by atoms with Crippen LogP contribution in [0.4, 0.5) is 11.4 Å². The Hall–Kier alpha value is -2.26. The normalized spacial score (nSPS) is 11.8. The molecule has 0 aliphatic carbocycles. The number of thiocarbonyl (C=S) groups is 1. The van der Waals surface area contributed by atoms with Crippen molar-refractivity contribution in [3.8, 4) is 5.75 Å². The molecule has 4 N–H and O–H groups in total. The van der Waals surface area contributed by atoms with Crippen LogP contribution in [0.15, 0.2) is 48.5 Å². The molecular formula is C19H19Cl3N4O3S. The van der Waals surface area contributed by atoms with Gasteiger partial charge >= 0.3 is 0 Å². The minimum Gasteiger partial charge on any atom is -0.496 e. The number of para-hydroxylation sites is 1. The number of ether oxygens (including phenoxy) is 1. The molecule has 0 heterocycles. The molecule has 0 spiro atoms. The maximum atomic E-state index is 12.6. The predicted octanol–water partition coefficient (Wildman–Crippen LogP) is 4.07. The molecule has 11 heteroatoms. The molecular weight excluding hydrogens is 471 g/mol. The first kappa shape index (κ1) is 24.0. The van der Waals surface area contributed by atoms with E-state index < -0.39 is 15.9 Å². The first-order valence-electron chi connectivity index (χ1n) is 8.56. The van der Waals surface area contributed by atoms with Gasteiger partial charge in [0.2, 0.25) is 9.70 Å². The number of anilines is 2. The van der Waals surface area contributed by atoms with Gasteiger partial charge in [0.1, 0.15) is 11.9 Å². The number of nitrogens with one attached hydrogen (secondary N) is 4. The molecule has 2 aromatic carbocycles. The van der Waals surface area contributed by atoms with E-state index in [1.54, 1.807) is 48.5 Å². The van der Waals surface area contributed by atoms with Gasteiger partial charge in [-0.25, -0.2) is 0 Å². The third kappa shape index (κ3) is 7.21. The van der Waals surface area contributed by atoms with E-state index in [1.807, 2.05) is 0 Å². The zero-order chi connectivity index (χ0) is 22.3. The van der Waals surface area contributed by atoms with Crippen molar-refractivity contribution in [2.75, 3.05) is 17.7 Å².